The minimum atomic E-state index is -0.241. The number of unbranched alkanes of at least 4 members (excludes halogenated alkanes) is 14. The fourth-order valence-corrected chi connectivity index (χ4v) is 4.04. The molecule has 5 heteroatoms. The molecule has 0 fully saturated rings. The van der Waals surface area contributed by atoms with Gasteiger partial charge in [-0.25, -0.2) is 4.79 Å². The van der Waals surface area contributed by atoms with E-state index in [1.807, 2.05) is 0 Å². The van der Waals surface area contributed by atoms with E-state index >= 15 is 0 Å². The van der Waals surface area contributed by atoms with E-state index in [1.54, 1.807) is 6.08 Å². The molecule has 0 aromatic carbocycles. The molecule has 202 valence electrons. The average molecular weight is 485 g/mol. The van der Waals surface area contributed by atoms with Crippen LogP contribution in [-0.4, -0.2) is 50.7 Å². The largest absolute Gasteiger partial charge is 0.460 e. The van der Waals surface area contributed by atoms with E-state index in [-0.39, 0.29) is 19.2 Å². The van der Waals surface area contributed by atoms with Crippen molar-refractivity contribution in [2.75, 3.05) is 39.6 Å². The number of carbonyl (C=O) groups is 1. The van der Waals surface area contributed by atoms with Gasteiger partial charge in [-0.05, 0) is 25.7 Å². The number of hydrogen-bond donors (Lipinski definition) is 1. The molecule has 0 saturated heterocycles. The number of aliphatic hydroxyl groups excluding tert-OH is 1. The summed E-state index contributed by atoms with van der Waals surface area (Å²) in [5.41, 5.74) is 1.25. The Morgan fingerprint density at radius 2 is 1.00 bits per heavy atom. The van der Waals surface area contributed by atoms with Gasteiger partial charge in [0.15, 0.2) is 0 Å². The Hall–Kier alpha value is -0.910. The van der Waals surface area contributed by atoms with Gasteiger partial charge in [-0.2, -0.15) is 0 Å². The third kappa shape index (κ3) is 25.7. The molecule has 0 bridgehead atoms. The van der Waals surface area contributed by atoms with Crippen LogP contribution >= 0.6 is 0 Å². The second kappa shape index (κ2) is 28.3. The zero-order chi connectivity index (χ0) is 25.0. The number of rotatable bonds is 27. The highest BCUT2D eigenvalue weighted by Crippen LogP contribution is 2.19. The van der Waals surface area contributed by atoms with Gasteiger partial charge in [0.25, 0.3) is 0 Å². The summed E-state index contributed by atoms with van der Waals surface area (Å²) in [4.78, 5) is 12.3. The molecule has 0 amide bonds. The maximum absolute atomic E-state index is 12.3. The maximum atomic E-state index is 12.3. The normalized spacial score (nSPS) is 11.0. The van der Waals surface area contributed by atoms with E-state index in [9.17, 15) is 4.79 Å². The second-order valence-electron chi connectivity index (χ2n) is 9.37. The van der Waals surface area contributed by atoms with Gasteiger partial charge in [0.2, 0.25) is 0 Å². The first-order chi connectivity index (χ1) is 16.7. The highest BCUT2D eigenvalue weighted by molar-refractivity contribution is 5.82. The summed E-state index contributed by atoms with van der Waals surface area (Å²) >= 11 is 0. The predicted octanol–water partition coefficient (Wildman–Crippen LogP) is 7.54. The third-order valence-electron chi connectivity index (χ3n) is 6.10. The van der Waals surface area contributed by atoms with Crippen molar-refractivity contribution >= 4 is 5.97 Å². The minimum absolute atomic E-state index is 0.0181. The van der Waals surface area contributed by atoms with Crippen molar-refractivity contribution in [3.63, 3.8) is 0 Å². The van der Waals surface area contributed by atoms with E-state index in [0.717, 1.165) is 12.8 Å². The average Bonchev–Trinajstić information content (AvgIpc) is 2.83. The van der Waals surface area contributed by atoms with E-state index < -0.39 is 0 Å². The van der Waals surface area contributed by atoms with E-state index in [2.05, 4.69) is 13.8 Å². The van der Waals surface area contributed by atoms with Crippen LogP contribution < -0.4 is 0 Å². The molecule has 0 unspecified atom stereocenters. The van der Waals surface area contributed by atoms with Gasteiger partial charge in [-0.15, -0.1) is 0 Å². The smallest absolute Gasteiger partial charge is 0.330 e. The van der Waals surface area contributed by atoms with Crippen LogP contribution in [0.3, 0.4) is 0 Å². The lowest BCUT2D eigenvalue weighted by atomic mass is 9.99. The summed E-state index contributed by atoms with van der Waals surface area (Å²) in [6, 6.07) is 0. The zero-order valence-electron chi connectivity index (χ0n) is 22.6. The highest BCUT2D eigenvalue weighted by atomic mass is 16.6. The van der Waals surface area contributed by atoms with E-state index in [1.165, 1.54) is 108 Å². The van der Waals surface area contributed by atoms with Crippen molar-refractivity contribution in [3.05, 3.63) is 11.6 Å². The number of carbonyl (C=O) groups excluding carboxylic acids is 1. The van der Waals surface area contributed by atoms with Crippen LogP contribution in [0, 0.1) is 0 Å². The van der Waals surface area contributed by atoms with Gasteiger partial charge in [-0.3, -0.25) is 0 Å². The van der Waals surface area contributed by atoms with Crippen LogP contribution in [-0.2, 0) is 19.0 Å². The zero-order valence-corrected chi connectivity index (χ0v) is 22.6. The quantitative estimate of drug-likeness (QED) is 0.0741. The molecule has 0 radical (unpaired) electrons. The minimum Gasteiger partial charge on any atom is -0.460 e. The molecule has 0 aliphatic heterocycles. The van der Waals surface area contributed by atoms with Crippen molar-refractivity contribution in [1.29, 1.82) is 0 Å². The summed E-state index contributed by atoms with van der Waals surface area (Å²) in [5.74, 6) is -0.241. The van der Waals surface area contributed by atoms with Crippen molar-refractivity contribution < 1.29 is 24.1 Å². The highest BCUT2D eigenvalue weighted by Gasteiger charge is 2.05. The molecule has 0 aromatic rings. The molecule has 0 spiro atoms. The lowest BCUT2D eigenvalue weighted by Gasteiger charge is -2.09. The van der Waals surface area contributed by atoms with Gasteiger partial charge >= 0.3 is 5.97 Å². The summed E-state index contributed by atoms with van der Waals surface area (Å²) in [5, 5.41) is 8.65. The summed E-state index contributed by atoms with van der Waals surface area (Å²) in [7, 11) is 0. The molecule has 0 rings (SSSR count). The Labute approximate surface area is 211 Å². The molecule has 5 nitrogen and oxygen atoms in total. The Morgan fingerprint density at radius 1 is 0.588 bits per heavy atom. The van der Waals surface area contributed by atoms with Crippen molar-refractivity contribution in [3.8, 4) is 0 Å². The Morgan fingerprint density at radius 3 is 1.47 bits per heavy atom. The lowest BCUT2D eigenvalue weighted by molar-refractivity contribution is -0.139. The van der Waals surface area contributed by atoms with Gasteiger partial charge in [0, 0.05) is 6.08 Å². The van der Waals surface area contributed by atoms with Gasteiger partial charge in [0.1, 0.15) is 6.61 Å². The van der Waals surface area contributed by atoms with Crippen molar-refractivity contribution in [1.82, 2.24) is 0 Å². The maximum Gasteiger partial charge on any atom is 0.330 e. The Kier molecular flexibility index (Phi) is 27.6. The summed E-state index contributed by atoms with van der Waals surface area (Å²) < 4.78 is 15.9. The van der Waals surface area contributed by atoms with E-state index in [4.69, 9.17) is 19.3 Å². The number of hydrogen-bond acceptors (Lipinski definition) is 5. The molecule has 0 atom stereocenters. The second-order valence-corrected chi connectivity index (χ2v) is 9.37. The monoisotopic (exact) mass is 484 g/mol. The van der Waals surface area contributed by atoms with Crippen LogP contribution in [0.25, 0.3) is 0 Å². The number of aliphatic hydroxyl groups is 1. The number of esters is 1. The van der Waals surface area contributed by atoms with Crippen LogP contribution in [0.4, 0.5) is 0 Å². The molecule has 0 aliphatic carbocycles. The van der Waals surface area contributed by atoms with Crippen LogP contribution in [0.1, 0.15) is 129 Å². The topological polar surface area (TPSA) is 65.0 Å². The molecule has 0 aromatic heterocycles. The van der Waals surface area contributed by atoms with Crippen LogP contribution in [0.2, 0.25) is 0 Å². The van der Waals surface area contributed by atoms with Gasteiger partial charge in [0.05, 0.1) is 33.0 Å². The first-order valence-electron chi connectivity index (χ1n) is 14.4. The molecule has 1 N–H and O–H groups in total. The standard InChI is InChI=1S/C29H56O5/c1-3-5-7-9-11-13-15-17-19-28(20-18-16-14-12-10-8-6-4-2)27-29(31)34-26-25-33-24-23-32-22-21-30/h27,30H,3-26H2,1-2H3. The third-order valence-corrected chi connectivity index (χ3v) is 6.10. The van der Waals surface area contributed by atoms with Gasteiger partial charge in [-0.1, -0.05) is 109 Å². The van der Waals surface area contributed by atoms with Crippen molar-refractivity contribution in [2.45, 2.75) is 129 Å². The van der Waals surface area contributed by atoms with Crippen LogP contribution in [0.15, 0.2) is 11.6 Å². The molecule has 0 heterocycles. The SMILES string of the molecule is CCCCCCCCCCC(=CC(=O)OCCOCCOCCO)CCCCCCCCCC. The summed E-state index contributed by atoms with van der Waals surface area (Å²) in [6.07, 6.45) is 24.7. The fourth-order valence-electron chi connectivity index (χ4n) is 4.04. The molecule has 0 saturated carbocycles. The van der Waals surface area contributed by atoms with Crippen molar-refractivity contribution in [2.24, 2.45) is 0 Å². The summed E-state index contributed by atoms with van der Waals surface area (Å²) in [6.45, 7) is 6.37. The fraction of sp³-hybridized carbons (Fsp3) is 0.897. The number of ether oxygens (including phenoxy) is 3. The predicted molar refractivity (Wildman–Crippen MR) is 142 cm³/mol. The molecule has 34 heavy (non-hydrogen) atoms. The first-order valence-corrected chi connectivity index (χ1v) is 14.4. The molecule has 0 aliphatic rings. The molecular formula is C29H56O5. The van der Waals surface area contributed by atoms with E-state index in [0.29, 0.717) is 26.4 Å². The Bertz CT molecular complexity index is 428. The lowest BCUT2D eigenvalue weighted by Crippen LogP contribution is -2.12. The Balaban J connectivity index is 4.15. The molecular weight excluding hydrogens is 428 g/mol. The van der Waals surface area contributed by atoms with Crippen LogP contribution in [0.5, 0.6) is 0 Å². The first kappa shape index (κ1) is 33.1. The van der Waals surface area contributed by atoms with Gasteiger partial charge < -0.3 is 19.3 Å². The number of allylic oxidation sites excluding steroid dienone is 1.